The highest BCUT2D eigenvalue weighted by Gasteiger charge is 2.36. The fourth-order valence-electron chi connectivity index (χ4n) is 2.12. The topological polar surface area (TPSA) is 122 Å². The Morgan fingerprint density at radius 2 is 2.26 bits per heavy atom. The van der Waals surface area contributed by atoms with Crippen LogP contribution in [-0.4, -0.2) is 52.3 Å². The number of rotatable bonds is 7. The standard InChI is InChI=1S/C11H19BrN4O3/c12-5-7-4-9(17)16(6-7)8(10(18)19)2-1-3-15-11(13)14/h7-8H,1-6H2,(H,18,19)(H4,13,14,15). The van der Waals surface area contributed by atoms with Crippen LogP contribution in [0.5, 0.6) is 0 Å². The van der Waals surface area contributed by atoms with Crippen molar-refractivity contribution in [3.8, 4) is 0 Å². The molecule has 1 fully saturated rings. The Hall–Kier alpha value is -1.31. The lowest BCUT2D eigenvalue weighted by atomic mass is 10.1. The van der Waals surface area contributed by atoms with Gasteiger partial charge in [0.1, 0.15) is 6.04 Å². The minimum Gasteiger partial charge on any atom is -0.480 e. The van der Waals surface area contributed by atoms with Crippen molar-refractivity contribution in [2.45, 2.75) is 25.3 Å². The lowest BCUT2D eigenvalue weighted by Gasteiger charge is -2.24. The van der Waals surface area contributed by atoms with Crippen molar-refractivity contribution >= 4 is 33.8 Å². The van der Waals surface area contributed by atoms with E-state index in [1.165, 1.54) is 4.90 Å². The number of amides is 1. The number of halogens is 1. The number of likely N-dealkylation sites (tertiary alicyclic amines) is 1. The Kier molecular flexibility index (Phi) is 6.07. The summed E-state index contributed by atoms with van der Waals surface area (Å²) in [5.74, 6) is -0.900. The third-order valence-electron chi connectivity index (χ3n) is 3.05. The van der Waals surface area contributed by atoms with E-state index in [1.807, 2.05) is 0 Å². The molecular formula is C11H19BrN4O3. The molecule has 1 amide bonds. The molecule has 0 aromatic carbocycles. The van der Waals surface area contributed by atoms with Crippen LogP contribution in [-0.2, 0) is 9.59 Å². The van der Waals surface area contributed by atoms with E-state index in [2.05, 4.69) is 20.9 Å². The van der Waals surface area contributed by atoms with Gasteiger partial charge < -0.3 is 21.5 Å². The van der Waals surface area contributed by atoms with Gasteiger partial charge in [-0.05, 0) is 18.8 Å². The van der Waals surface area contributed by atoms with Crippen molar-refractivity contribution in [1.82, 2.24) is 4.90 Å². The first-order chi connectivity index (χ1) is 8.95. The molecule has 0 radical (unpaired) electrons. The normalized spacial score (nSPS) is 20.4. The average molecular weight is 335 g/mol. The minimum atomic E-state index is -0.978. The van der Waals surface area contributed by atoms with Crippen LogP contribution in [0.2, 0.25) is 0 Å². The summed E-state index contributed by atoms with van der Waals surface area (Å²) >= 11 is 3.33. The molecule has 8 heteroatoms. The second-order valence-corrected chi connectivity index (χ2v) is 5.22. The molecule has 1 rings (SSSR count). The van der Waals surface area contributed by atoms with Crippen molar-refractivity contribution in [1.29, 1.82) is 0 Å². The fraction of sp³-hybridized carbons (Fsp3) is 0.727. The van der Waals surface area contributed by atoms with Gasteiger partial charge in [-0.3, -0.25) is 9.79 Å². The number of carboxylic acid groups (broad SMARTS) is 1. The second kappa shape index (κ2) is 7.32. The van der Waals surface area contributed by atoms with E-state index < -0.39 is 12.0 Å². The van der Waals surface area contributed by atoms with Gasteiger partial charge in [-0.15, -0.1) is 0 Å². The largest absolute Gasteiger partial charge is 0.480 e. The minimum absolute atomic E-state index is 0.0107. The molecule has 0 spiro atoms. The maximum atomic E-state index is 11.8. The third-order valence-corrected chi connectivity index (χ3v) is 3.96. The molecule has 108 valence electrons. The van der Waals surface area contributed by atoms with Crippen molar-refractivity contribution in [3.63, 3.8) is 0 Å². The second-order valence-electron chi connectivity index (χ2n) is 4.57. The molecule has 0 aromatic rings. The maximum Gasteiger partial charge on any atom is 0.326 e. The lowest BCUT2D eigenvalue weighted by Crippen LogP contribution is -2.42. The van der Waals surface area contributed by atoms with Crippen LogP contribution in [0.25, 0.3) is 0 Å². The number of guanidine groups is 1. The molecule has 0 bridgehead atoms. The van der Waals surface area contributed by atoms with Gasteiger partial charge in [0.05, 0.1) is 0 Å². The van der Waals surface area contributed by atoms with Crippen molar-refractivity contribution < 1.29 is 14.7 Å². The SMILES string of the molecule is NC(N)=NCCCC(C(=O)O)N1CC(CBr)CC1=O. The molecule has 1 heterocycles. The summed E-state index contributed by atoms with van der Waals surface area (Å²) in [6, 6.07) is -0.786. The van der Waals surface area contributed by atoms with Crippen LogP contribution in [0, 0.1) is 5.92 Å². The summed E-state index contributed by atoms with van der Waals surface area (Å²) in [7, 11) is 0. The van der Waals surface area contributed by atoms with Gasteiger partial charge in [0, 0.05) is 24.8 Å². The molecule has 1 saturated heterocycles. The summed E-state index contributed by atoms with van der Waals surface area (Å²) in [5, 5.41) is 9.93. The number of nitrogens with zero attached hydrogens (tertiary/aromatic N) is 2. The Morgan fingerprint density at radius 3 is 2.74 bits per heavy atom. The van der Waals surface area contributed by atoms with Crippen molar-refractivity contribution in [3.05, 3.63) is 0 Å². The first-order valence-corrected chi connectivity index (χ1v) is 7.21. The van der Waals surface area contributed by atoms with Crippen LogP contribution < -0.4 is 11.5 Å². The zero-order chi connectivity index (χ0) is 14.4. The quantitative estimate of drug-likeness (QED) is 0.256. The van der Waals surface area contributed by atoms with Crippen molar-refractivity contribution in [2.75, 3.05) is 18.4 Å². The molecule has 7 nitrogen and oxygen atoms in total. The summed E-state index contributed by atoms with van der Waals surface area (Å²) < 4.78 is 0. The maximum absolute atomic E-state index is 11.8. The number of alkyl halides is 1. The molecule has 0 saturated carbocycles. The van der Waals surface area contributed by atoms with E-state index in [4.69, 9.17) is 11.5 Å². The number of carbonyl (C=O) groups is 2. The molecule has 19 heavy (non-hydrogen) atoms. The first-order valence-electron chi connectivity index (χ1n) is 6.09. The Labute approximate surface area is 120 Å². The van der Waals surface area contributed by atoms with E-state index in [0.29, 0.717) is 37.7 Å². The van der Waals surface area contributed by atoms with Crippen LogP contribution in [0.1, 0.15) is 19.3 Å². The number of nitrogens with two attached hydrogens (primary N) is 2. The highest BCUT2D eigenvalue weighted by atomic mass is 79.9. The Balaban J connectivity index is 2.55. The molecule has 5 N–H and O–H groups in total. The number of hydrogen-bond acceptors (Lipinski definition) is 3. The molecule has 0 aromatic heterocycles. The monoisotopic (exact) mass is 334 g/mol. The fourth-order valence-corrected chi connectivity index (χ4v) is 2.55. The number of carboxylic acids is 1. The first kappa shape index (κ1) is 15.7. The zero-order valence-corrected chi connectivity index (χ0v) is 12.2. The van der Waals surface area contributed by atoms with Gasteiger partial charge in [-0.1, -0.05) is 15.9 Å². The van der Waals surface area contributed by atoms with E-state index in [0.717, 1.165) is 0 Å². The van der Waals surface area contributed by atoms with E-state index in [1.54, 1.807) is 0 Å². The van der Waals surface area contributed by atoms with E-state index >= 15 is 0 Å². The van der Waals surface area contributed by atoms with Gasteiger partial charge in [0.15, 0.2) is 5.96 Å². The van der Waals surface area contributed by atoms with Crippen LogP contribution >= 0.6 is 15.9 Å². The Morgan fingerprint density at radius 1 is 1.58 bits per heavy atom. The smallest absolute Gasteiger partial charge is 0.326 e. The highest BCUT2D eigenvalue weighted by molar-refractivity contribution is 9.09. The number of aliphatic carboxylic acids is 1. The summed E-state index contributed by atoms with van der Waals surface area (Å²) in [4.78, 5) is 28.3. The number of carbonyl (C=O) groups excluding carboxylic acids is 1. The molecule has 1 aliphatic rings. The molecule has 2 unspecified atom stereocenters. The number of hydrogen-bond donors (Lipinski definition) is 3. The Bertz CT molecular complexity index is 371. The van der Waals surface area contributed by atoms with Crippen LogP contribution in [0.4, 0.5) is 0 Å². The van der Waals surface area contributed by atoms with Gasteiger partial charge in [0.2, 0.25) is 5.91 Å². The van der Waals surface area contributed by atoms with Crippen LogP contribution in [0.3, 0.4) is 0 Å². The van der Waals surface area contributed by atoms with Gasteiger partial charge in [-0.25, -0.2) is 4.79 Å². The molecular weight excluding hydrogens is 316 g/mol. The third kappa shape index (κ3) is 4.70. The lowest BCUT2D eigenvalue weighted by molar-refractivity contribution is -0.148. The van der Waals surface area contributed by atoms with Gasteiger partial charge in [0.25, 0.3) is 0 Å². The summed E-state index contributed by atoms with van der Waals surface area (Å²) in [6.07, 6.45) is 1.29. The highest BCUT2D eigenvalue weighted by Crippen LogP contribution is 2.23. The molecule has 2 atom stereocenters. The predicted molar refractivity (Wildman–Crippen MR) is 74.9 cm³/mol. The summed E-state index contributed by atoms with van der Waals surface area (Å²) in [6.45, 7) is 0.860. The van der Waals surface area contributed by atoms with E-state index in [9.17, 15) is 14.7 Å². The van der Waals surface area contributed by atoms with Gasteiger partial charge in [-0.2, -0.15) is 0 Å². The van der Waals surface area contributed by atoms with Crippen molar-refractivity contribution in [2.24, 2.45) is 22.4 Å². The predicted octanol–water partition coefficient (Wildman–Crippen LogP) is -0.263. The van der Waals surface area contributed by atoms with Crippen LogP contribution in [0.15, 0.2) is 4.99 Å². The van der Waals surface area contributed by atoms with Gasteiger partial charge >= 0.3 is 5.97 Å². The summed E-state index contributed by atoms with van der Waals surface area (Å²) in [5.41, 5.74) is 10.4. The molecule has 1 aliphatic heterocycles. The number of aliphatic imine (C=N–C) groups is 1. The van der Waals surface area contributed by atoms with E-state index in [-0.39, 0.29) is 17.8 Å². The molecule has 0 aliphatic carbocycles. The zero-order valence-electron chi connectivity index (χ0n) is 10.6. The average Bonchev–Trinajstić information content (AvgIpc) is 2.69.